The molecule has 0 spiro atoms. The zero-order valence-electron chi connectivity index (χ0n) is 12.3. The van der Waals surface area contributed by atoms with Crippen molar-refractivity contribution in [1.82, 2.24) is 5.32 Å². The van der Waals surface area contributed by atoms with Gasteiger partial charge in [0.1, 0.15) is 0 Å². The summed E-state index contributed by atoms with van der Waals surface area (Å²) in [6, 6.07) is 8.27. The molecule has 0 aliphatic carbocycles. The molecule has 2 aliphatic rings. The number of nitrogens with one attached hydrogen (secondary N) is 2. The molecule has 0 bridgehead atoms. The normalized spacial score (nSPS) is 19.4. The van der Waals surface area contributed by atoms with Gasteiger partial charge in [-0.1, -0.05) is 0 Å². The van der Waals surface area contributed by atoms with Crippen LogP contribution in [0, 0.1) is 5.92 Å². The highest BCUT2D eigenvalue weighted by molar-refractivity contribution is 5.95. The summed E-state index contributed by atoms with van der Waals surface area (Å²) < 4.78 is 0. The summed E-state index contributed by atoms with van der Waals surface area (Å²) in [4.78, 5) is 13.6. The Kier molecular flexibility index (Phi) is 5.88. The molecule has 1 aromatic rings. The van der Waals surface area contributed by atoms with E-state index in [1.807, 2.05) is 17.0 Å². The third kappa shape index (κ3) is 4.11. The van der Waals surface area contributed by atoms with Crippen LogP contribution in [0.3, 0.4) is 0 Å². The lowest BCUT2D eigenvalue weighted by molar-refractivity contribution is -0.117. The fourth-order valence-corrected chi connectivity index (χ4v) is 3.03. The summed E-state index contributed by atoms with van der Waals surface area (Å²) >= 11 is 0. The number of amides is 1. The highest BCUT2D eigenvalue weighted by Crippen LogP contribution is 2.23. The van der Waals surface area contributed by atoms with E-state index in [1.165, 1.54) is 12.8 Å². The maximum atomic E-state index is 11.7. The van der Waals surface area contributed by atoms with E-state index in [2.05, 4.69) is 22.8 Å². The SMILES string of the molecule is Cl.O=C1CCCN1c1ccc(NCC2CCNCC2)cc1. The van der Waals surface area contributed by atoms with Crippen molar-refractivity contribution in [3.05, 3.63) is 24.3 Å². The summed E-state index contributed by atoms with van der Waals surface area (Å²) in [6.07, 6.45) is 4.19. The van der Waals surface area contributed by atoms with E-state index in [4.69, 9.17) is 0 Å². The first-order valence-corrected chi connectivity index (χ1v) is 7.68. The molecule has 2 saturated heterocycles. The van der Waals surface area contributed by atoms with E-state index in [-0.39, 0.29) is 18.3 Å². The van der Waals surface area contributed by atoms with Crippen LogP contribution in [0.2, 0.25) is 0 Å². The first-order valence-electron chi connectivity index (χ1n) is 7.68. The number of piperidine rings is 1. The zero-order valence-corrected chi connectivity index (χ0v) is 13.1. The molecule has 3 rings (SSSR count). The molecule has 4 nitrogen and oxygen atoms in total. The Morgan fingerprint density at radius 2 is 1.90 bits per heavy atom. The second-order valence-electron chi connectivity index (χ2n) is 5.77. The molecule has 0 atom stereocenters. The molecule has 1 amide bonds. The predicted molar refractivity (Wildman–Crippen MR) is 89.4 cm³/mol. The molecule has 1 aromatic carbocycles. The average molecular weight is 310 g/mol. The number of hydrogen-bond donors (Lipinski definition) is 2. The van der Waals surface area contributed by atoms with E-state index in [1.54, 1.807) is 0 Å². The second kappa shape index (κ2) is 7.66. The molecule has 5 heteroatoms. The lowest BCUT2D eigenvalue weighted by Crippen LogP contribution is -2.31. The van der Waals surface area contributed by atoms with E-state index in [9.17, 15) is 4.79 Å². The van der Waals surface area contributed by atoms with Crippen LogP contribution in [0.5, 0.6) is 0 Å². The highest BCUT2D eigenvalue weighted by atomic mass is 35.5. The Hall–Kier alpha value is -1.26. The molecule has 0 unspecified atom stereocenters. The van der Waals surface area contributed by atoms with Crippen LogP contribution in [0.1, 0.15) is 25.7 Å². The van der Waals surface area contributed by atoms with Crippen LogP contribution < -0.4 is 15.5 Å². The van der Waals surface area contributed by atoms with Gasteiger partial charge in [0.05, 0.1) is 0 Å². The number of rotatable bonds is 4. The molecule has 0 saturated carbocycles. The van der Waals surface area contributed by atoms with Gasteiger partial charge in [-0.25, -0.2) is 0 Å². The number of carbonyl (C=O) groups excluding carboxylic acids is 1. The maximum absolute atomic E-state index is 11.7. The molecule has 21 heavy (non-hydrogen) atoms. The number of benzene rings is 1. The Balaban J connectivity index is 0.00000161. The van der Waals surface area contributed by atoms with Crippen LogP contribution in [0.15, 0.2) is 24.3 Å². The topological polar surface area (TPSA) is 44.4 Å². The van der Waals surface area contributed by atoms with Crippen molar-refractivity contribution in [1.29, 1.82) is 0 Å². The predicted octanol–water partition coefficient (Wildman–Crippen LogP) is 2.65. The summed E-state index contributed by atoms with van der Waals surface area (Å²) in [6.45, 7) is 4.19. The van der Waals surface area contributed by atoms with Crippen molar-refractivity contribution < 1.29 is 4.79 Å². The Labute approximate surface area is 132 Å². The van der Waals surface area contributed by atoms with Crippen molar-refractivity contribution in [2.75, 3.05) is 36.4 Å². The maximum Gasteiger partial charge on any atom is 0.227 e. The fraction of sp³-hybridized carbons (Fsp3) is 0.562. The molecule has 2 N–H and O–H groups in total. The van der Waals surface area contributed by atoms with Crippen LogP contribution in [-0.2, 0) is 4.79 Å². The largest absolute Gasteiger partial charge is 0.385 e. The first kappa shape index (κ1) is 16.1. The number of anilines is 2. The van der Waals surface area contributed by atoms with Crippen LogP contribution in [0.4, 0.5) is 11.4 Å². The van der Waals surface area contributed by atoms with Crippen LogP contribution in [0.25, 0.3) is 0 Å². The summed E-state index contributed by atoms with van der Waals surface area (Å²) in [5, 5.41) is 6.90. The van der Waals surface area contributed by atoms with Gasteiger partial charge in [-0.3, -0.25) is 4.79 Å². The third-order valence-corrected chi connectivity index (χ3v) is 4.31. The minimum Gasteiger partial charge on any atom is -0.385 e. The summed E-state index contributed by atoms with van der Waals surface area (Å²) in [5.74, 6) is 1.02. The Morgan fingerprint density at radius 3 is 2.52 bits per heavy atom. The first-order chi connectivity index (χ1) is 9.83. The fourth-order valence-electron chi connectivity index (χ4n) is 3.03. The molecule has 0 radical (unpaired) electrons. The third-order valence-electron chi connectivity index (χ3n) is 4.31. The van der Waals surface area contributed by atoms with Crippen molar-refractivity contribution in [3.63, 3.8) is 0 Å². The highest BCUT2D eigenvalue weighted by Gasteiger charge is 2.21. The molecular weight excluding hydrogens is 286 g/mol. The number of carbonyl (C=O) groups is 1. The smallest absolute Gasteiger partial charge is 0.227 e. The monoisotopic (exact) mass is 309 g/mol. The van der Waals surface area contributed by atoms with Gasteiger partial charge < -0.3 is 15.5 Å². The van der Waals surface area contributed by atoms with Gasteiger partial charge in [0, 0.05) is 30.9 Å². The van der Waals surface area contributed by atoms with Crippen molar-refractivity contribution in [3.8, 4) is 0 Å². The van der Waals surface area contributed by atoms with Gasteiger partial charge in [-0.15, -0.1) is 12.4 Å². The van der Waals surface area contributed by atoms with Gasteiger partial charge in [0.2, 0.25) is 5.91 Å². The number of halogens is 1. The summed E-state index contributed by atoms with van der Waals surface area (Å²) in [5.41, 5.74) is 2.18. The van der Waals surface area contributed by atoms with Crippen LogP contribution in [-0.4, -0.2) is 32.1 Å². The van der Waals surface area contributed by atoms with Crippen LogP contribution >= 0.6 is 12.4 Å². The summed E-state index contributed by atoms with van der Waals surface area (Å²) in [7, 11) is 0. The lowest BCUT2D eigenvalue weighted by Gasteiger charge is -2.23. The molecule has 0 aromatic heterocycles. The van der Waals surface area contributed by atoms with Crippen molar-refractivity contribution in [2.24, 2.45) is 5.92 Å². The standard InChI is InChI=1S/C16H23N3O.ClH/c20-16-2-1-11-19(16)15-5-3-14(4-6-15)18-12-13-7-9-17-10-8-13;/h3-6,13,17-18H,1-2,7-12H2;1H. The van der Waals surface area contributed by atoms with Crippen molar-refractivity contribution >= 4 is 29.7 Å². The van der Waals surface area contributed by atoms with E-state index >= 15 is 0 Å². The average Bonchev–Trinajstić information content (AvgIpc) is 2.93. The molecule has 2 fully saturated rings. The molecular formula is C16H24ClN3O. The van der Waals surface area contributed by atoms with Gasteiger partial charge in [-0.2, -0.15) is 0 Å². The minimum atomic E-state index is 0. The Bertz CT molecular complexity index is 457. The minimum absolute atomic E-state index is 0. The van der Waals surface area contributed by atoms with Gasteiger partial charge >= 0.3 is 0 Å². The quantitative estimate of drug-likeness (QED) is 0.898. The van der Waals surface area contributed by atoms with Gasteiger partial charge in [0.15, 0.2) is 0 Å². The van der Waals surface area contributed by atoms with Gasteiger partial charge in [-0.05, 0) is 62.5 Å². The second-order valence-corrected chi connectivity index (χ2v) is 5.77. The Morgan fingerprint density at radius 1 is 1.19 bits per heavy atom. The van der Waals surface area contributed by atoms with E-state index in [0.29, 0.717) is 6.42 Å². The number of nitrogens with zero attached hydrogens (tertiary/aromatic N) is 1. The molecule has 116 valence electrons. The molecule has 2 aliphatic heterocycles. The van der Waals surface area contributed by atoms with Crippen molar-refractivity contribution in [2.45, 2.75) is 25.7 Å². The van der Waals surface area contributed by atoms with Gasteiger partial charge in [0.25, 0.3) is 0 Å². The zero-order chi connectivity index (χ0) is 13.8. The van der Waals surface area contributed by atoms with E-state index < -0.39 is 0 Å². The lowest BCUT2D eigenvalue weighted by atomic mass is 9.98. The number of hydrogen-bond acceptors (Lipinski definition) is 3. The molecule has 2 heterocycles. The van der Waals surface area contributed by atoms with E-state index in [0.717, 1.165) is 49.9 Å².